The molecule has 0 spiro atoms. The van der Waals surface area contributed by atoms with Gasteiger partial charge in [-0.1, -0.05) is 54.2 Å². The smallest absolute Gasteiger partial charge is 0.246 e. The largest absolute Gasteiger partial charge is 0.288 e. The molecule has 0 N–H and O–H groups in total. The Hall–Kier alpha value is -1.39. The Morgan fingerprint density at radius 2 is 1.68 bits per heavy atom. The lowest BCUT2D eigenvalue weighted by molar-refractivity contribution is -0.117. The van der Waals surface area contributed by atoms with Gasteiger partial charge in [-0.3, -0.25) is 9.69 Å². The van der Waals surface area contributed by atoms with Crippen LogP contribution in [0.1, 0.15) is 10.8 Å². The van der Waals surface area contributed by atoms with Crippen molar-refractivity contribution in [2.45, 2.75) is 14.9 Å². The van der Waals surface area contributed by atoms with E-state index in [1.165, 1.54) is 4.90 Å². The highest BCUT2D eigenvalue weighted by Crippen LogP contribution is 2.56. The van der Waals surface area contributed by atoms with Crippen LogP contribution in [0, 0.1) is 0 Å². The van der Waals surface area contributed by atoms with E-state index < -0.39 is 0 Å². The Labute approximate surface area is 120 Å². The van der Waals surface area contributed by atoms with Crippen LogP contribution in [0.15, 0.2) is 59.5 Å². The standard InChI is InChI=1S/C15H11NOS2/c17-14-13(10-6-2-1-3-7-10)19-15-16(14)11-8-4-5-9-12(11)18-15/h1-9,13,15H. The number of carbonyl (C=O) groups is 1. The molecule has 2 aromatic rings. The van der Waals surface area contributed by atoms with Crippen molar-refractivity contribution in [1.82, 2.24) is 0 Å². The Bertz CT molecular complexity index is 644. The molecule has 94 valence electrons. The first-order valence-electron chi connectivity index (χ1n) is 6.14. The summed E-state index contributed by atoms with van der Waals surface area (Å²) in [6.45, 7) is 0. The van der Waals surface area contributed by atoms with E-state index >= 15 is 0 Å². The van der Waals surface area contributed by atoms with Gasteiger partial charge in [0.2, 0.25) is 5.91 Å². The van der Waals surface area contributed by atoms with Gasteiger partial charge in [0.25, 0.3) is 0 Å². The van der Waals surface area contributed by atoms with Crippen molar-refractivity contribution in [3.8, 4) is 0 Å². The number of amides is 1. The SMILES string of the molecule is O=C1C(c2ccccc2)SC2Sc3ccccc3N12. The molecule has 19 heavy (non-hydrogen) atoms. The number of nitrogens with zero attached hydrogens (tertiary/aromatic N) is 1. The molecule has 2 aromatic carbocycles. The molecule has 4 rings (SSSR count). The number of hydrogen-bond donors (Lipinski definition) is 0. The second-order valence-electron chi connectivity index (χ2n) is 4.53. The predicted molar refractivity (Wildman–Crippen MR) is 80.3 cm³/mol. The van der Waals surface area contributed by atoms with Crippen molar-refractivity contribution in [3.63, 3.8) is 0 Å². The summed E-state index contributed by atoms with van der Waals surface area (Å²) < 4.78 is 0.190. The highest BCUT2D eigenvalue weighted by molar-refractivity contribution is 8.18. The molecule has 1 fully saturated rings. The molecule has 2 atom stereocenters. The van der Waals surface area contributed by atoms with Crippen LogP contribution in [0.4, 0.5) is 5.69 Å². The summed E-state index contributed by atoms with van der Waals surface area (Å²) in [5.41, 5.74) is 2.17. The van der Waals surface area contributed by atoms with Crippen molar-refractivity contribution in [2.75, 3.05) is 4.90 Å². The van der Waals surface area contributed by atoms with Crippen molar-refractivity contribution in [2.24, 2.45) is 0 Å². The molecule has 0 aliphatic carbocycles. The van der Waals surface area contributed by atoms with Gasteiger partial charge >= 0.3 is 0 Å². The monoisotopic (exact) mass is 285 g/mol. The van der Waals surface area contributed by atoms with Crippen LogP contribution < -0.4 is 4.90 Å². The zero-order chi connectivity index (χ0) is 12.8. The van der Waals surface area contributed by atoms with Gasteiger partial charge in [0, 0.05) is 4.90 Å². The van der Waals surface area contributed by atoms with Crippen LogP contribution >= 0.6 is 23.5 Å². The van der Waals surface area contributed by atoms with Gasteiger partial charge in [-0.25, -0.2) is 0 Å². The molecule has 2 heterocycles. The Morgan fingerprint density at radius 3 is 2.53 bits per heavy atom. The third-order valence-electron chi connectivity index (χ3n) is 3.38. The number of hydrogen-bond acceptors (Lipinski definition) is 3. The first-order chi connectivity index (χ1) is 9.34. The van der Waals surface area contributed by atoms with Crippen LogP contribution in [-0.4, -0.2) is 10.6 Å². The zero-order valence-corrected chi connectivity index (χ0v) is 11.7. The normalized spacial score (nSPS) is 24.4. The maximum Gasteiger partial charge on any atom is 0.246 e. The van der Waals surface area contributed by atoms with E-state index in [0.29, 0.717) is 0 Å². The van der Waals surface area contributed by atoms with E-state index in [4.69, 9.17) is 0 Å². The average Bonchev–Trinajstić information content (AvgIpc) is 2.97. The first-order valence-corrected chi connectivity index (χ1v) is 7.96. The van der Waals surface area contributed by atoms with Gasteiger partial charge in [0.05, 0.1) is 5.69 Å². The first kappa shape index (κ1) is 11.4. The minimum absolute atomic E-state index is 0.0629. The van der Waals surface area contributed by atoms with Crippen LogP contribution in [0.25, 0.3) is 0 Å². The van der Waals surface area contributed by atoms with E-state index in [9.17, 15) is 4.79 Å². The summed E-state index contributed by atoms with van der Waals surface area (Å²) >= 11 is 3.52. The molecule has 2 nitrogen and oxygen atoms in total. The predicted octanol–water partition coefficient (Wildman–Crippen LogP) is 3.90. The lowest BCUT2D eigenvalue weighted by Crippen LogP contribution is -2.28. The number of benzene rings is 2. The molecule has 2 aliphatic heterocycles. The summed E-state index contributed by atoms with van der Waals surface area (Å²) in [7, 11) is 0. The third-order valence-corrected chi connectivity index (χ3v) is 6.20. The number of thioether (sulfide) groups is 2. The molecular weight excluding hydrogens is 274 g/mol. The van der Waals surface area contributed by atoms with Crippen LogP contribution in [0.5, 0.6) is 0 Å². The molecule has 0 radical (unpaired) electrons. The number of carbonyl (C=O) groups excluding carboxylic acids is 1. The van der Waals surface area contributed by atoms with Crippen molar-refractivity contribution in [1.29, 1.82) is 0 Å². The Kier molecular flexibility index (Phi) is 2.60. The number of anilines is 1. The fourth-order valence-corrected chi connectivity index (χ4v) is 5.46. The van der Waals surface area contributed by atoms with Gasteiger partial charge in [-0.15, -0.1) is 11.8 Å². The van der Waals surface area contributed by atoms with Crippen LogP contribution in [0.3, 0.4) is 0 Å². The minimum Gasteiger partial charge on any atom is -0.288 e. The Balaban J connectivity index is 1.72. The molecule has 0 saturated carbocycles. The fourth-order valence-electron chi connectivity index (χ4n) is 2.49. The van der Waals surface area contributed by atoms with E-state index in [1.807, 2.05) is 53.4 Å². The molecule has 1 saturated heterocycles. The lowest BCUT2D eigenvalue weighted by Gasteiger charge is -2.14. The molecule has 1 amide bonds. The molecule has 2 unspecified atom stereocenters. The van der Waals surface area contributed by atoms with Crippen molar-refractivity contribution >= 4 is 35.1 Å². The zero-order valence-electron chi connectivity index (χ0n) is 10.0. The van der Waals surface area contributed by atoms with E-state index in [-0.39, 0.29) is 15.9 Å². The van der Waals surface area contributed by atoms with Crippen molar-refractivity contribution < 1.29 is 4.79 Å². The molecule has 4 heteroatoms. The lowest BCUT2D eigenvalue weighted by atomic mass is 10.1. The van der Waals surface area contributed by atoms with E-state index in [0.717, 1.165) is 11.3 Å². The van der Waals surface area contributed by atoms with E-state index in [2.05, 4.69) is 6.07 Å². The summed E-state index contributed by atoms with van der Waals surface area (Å²) in [5, 5.41) is -0.0629. The third kappa shape index (κ3) is 1.70. The van der Waals surface area contributed by atoms with Crippen LogP contribution in [-0.2, 0) is 4.79 Å². The minimum atomic E-state index is -0.0629. The second kappa shape index (κ2) is 4.32. The number of rotatable bonds is 1. The van der Waals surface area contributed by atoms with Gasteiger partial charge < -0.3 is 0 Å². The second-order valence-corrected chi connectivity index (χ2v) is 7.14. The number of para-hydroxylation sites is 1. The number of fused-ring (bicyclic) bond motifs is 3. The Morgan fingerprint density at radius 1 is 0.947 bits per heavy atom. The average molecular weight is 285 g/mol. The highest BCUT2D eigenvalue weighted by Gasteiger charge is 2.46. The molecule has 2 aliphatic rings. The highest BCUT2D eigenvalue weighted by atomic mass is 32.2. The van der Waals surface area contributed by atoms with Gasteiger partial charge in [-0.05, 0) is 17.7 Å². The quantitative estimate of drug-likeness (QED) is 0.792. The maximum atomic E-state index is 12.6. The van der Waals surface area contributed by atoms with Crippen LogP contribution in [0.2, 0.25) is 0 Å². The maximum absolute atomic E-state index is 12.6. The van der Waals surface area contributed by atoms with Gasteiger partial charge in [0.15, 0.2) is 0 Å². The summed E-state index contributed by atoms with van der Waals surface area (Å²) in [5.74, 6) is 0.207. The van der Waals surface area contributed by atoms with Gasteiger partial charge in [0.1, 0.15) is 9.96 Å². The van der Waals surface area contributed by atoms with E-state index in [1.54, 1.807) is 23.5 Å². The molecular formula is C15H11NOS2. The fraction of sp³-hybridized carbons (Fsp3) is 0.133. The summed E-state index contributed by atoms with van der Waals surface area (Å²) in [6.07, 6.45) is 0. The van der Waals surface area contributed by atoms with Crippen molar-refractivity contribution in [3.05, 3.63) is 60.2 Å². The molecule has 0 aromatic heterocycles. The molecule has 0 bridgehead atoms. The topological polar surface area (TPSA) is 20.3 Å². The summed E-state index contributed by atoms with van der Waals surface area (Å²) in [6, 6.07) is 18.2. The van der Waals surface area contributed by atoms with Gasteiger partial charge in [-0.2, -0.15) is 0 Å². The summed E-state index contributed by atoms with van der Waals surface area (Å²) in [4.78, 5) is 15.8.